The molecule has 0 saturated carbocycles. The summed E-state index contributed by atoms with van der Waals surface area (Å²) < 4.78 is 99.1. The van der Waals surface area contributed by atoms with E-state index in [0.29, 0.717) is 10.6 Å². The lowest BCUT2D eigenvalue weighted by molar-refractivity contribution is -0.275. The van der Waals surface area contributed by atoms with Crippen LogP contribution in [0.15, 0.2) is 97.1 Å². The normalized spacial score (nSPS) is 13.6. The highest BCUT2D eigenvalue weighted by molar-refractivity contribution is 7.85. The minimum Gasteiger partial charge on any atom is -0.405 e. The maximum Gasteiger partial charge on any atom is 0.573 e. The molecule has 0 spiro atoms. The van der Waals surface area contributed by atoms with E-state index in [-0.39, 0.29) is 17.5 Å². The zero-order valence-corrected chi connectivity index (χ0v) is 44.8. The molecule has 0 radical (unpaired) electrons. The van der Waals surface area contributed by atoms with Gasteiger partial charge in [-0.25, -0.2) is 4.44 Å². The zero-order valence-electron chi connectivity index (χ0n) is 41.0. The van der Waals surface area contributed by atoms with Crippen LogP contribution in [-0.4, -0.2) is 39.4 Å². The van der Waals surface area contributed by atoms with Crippen molar-refractivity contribution in [1.29, 1.82) is 0 Å². The highest BCUT2D eigenvalue weighted by Gasteiger charge is 2.42. The van der Waals surface area contributed by atoms with Crippen LogP contribution in [0.25, 0.3) is 0 Å². The van der Waals surface area contributed by atoms with Gasteiger partial charge in [0.25, 0.3) is 0 Å². The predicted molar refractivity (Wildman–Crippen MR) is 278 cm³/mol. The van der Waals surface area contributed by atoms with Gasteiger partial charge in [0.15, 0.2) is 0 Å². The van der Waals surface area contributed by atoms with Gasteiger partial charge in [0.05, 0.1) is 16.1 Å². The van der Waals surface area contributed by atoms with Gasteiger partial charge >= 0.3 is 12.7 Å². The lowest BCUT2D eigenvalue weighted by Crippen LogP contribution is -2.49. The van der Waals surface area contributed by atoms with Crippen molar-refractivity contribution in [2.45, 2.75) is 187 Å². The smallest absolute Gasteiger partial charge is 0.405 e. The van der Waals surface area contributed by atoms with E-state index < -0.39 is 45.0 Å². The third-order valence-corrected chi connectivity index (χ3v) is 29.9. The van der Waals surface area contributed by atoms with E-state index in [1.165, 1.54) is 22.5 Å². The van der Waals surface area contributed by atoms with E-state index in [1.54, 1.807) is 36.4 Å². The quantitative estimate of drug-likeness (QED) is 0.0307. The fourth-order valence-corrected chi connectivity index (χ4v) is 27.5. The fourth-order valence-electron chi connectivity index (χ4n) is 9.62. The van der Waals surface area contributed by atoms with E-state index in [0.717, 1.165) is 124 Å². The average molecular weight is 992 g/mol. The Kier molecular flexibility index (Phi) is 22.8. The lowest BCUT2D eigenvalue weighted by Gasteiger charge is -2.43. The molecule has 0 aliphatic rings. The van der Waals surface area contributed by atoms with Crippen molar-refractivity contribution in [1.82, 2.24) is 4.44 Å². The van der Waals surface area contributed by atoms with Gasteiger partial charge in [-0.15, -0.1) is 26.3 Å². The van der Waals surface area contributed by atoms with Gasteiger partial charge in [-0.05, 0) is 48.7 Å². The van der Waals surface area contributed by atoms with Crippen molar-refractivity contribution in [3.05, 3.63) is 97.1 Å². The molecule has 2 unspecified atom stereocenters. The number of alkyl halides is 6. The van der Waals surface area contributed by atoms with Crippen molar-refractivity contribution >= 4 is 63.9 Å². The molecular formula is C53H77F6NO2P2Si2. The number of halogens is 6. The molecule has 0 bridgehead atoms. The summed E-state index contributed by atoms with van der Waals surface area (Å²) >= 11 is 0. The Morgan fingerprint density at radius 2 is 0.758 bits per heavy atom. The second kappa shape index (κ2) is 26.9. The minimum atomic E-state index is -4.97. The molecule has 66 heavy (non-hydrogen) atoms. The first kappa shape index (κ1) is 55.9. The van der Waals surface area contributed by atoms with Gasteiger partial charge in [0.1, 0.15) is 11.5 Å². The van der Waals surface area contributed by atoms with E-state index in [1.807, 2.05) is 26.0 Å². The average Bonchev–Trinajstić information content (AvgIpc) is 3.28. The minimum absolute atomic E-state index is 0.299. The molecule has 3 nitrogen and oxygen atoms in total. The Balaban J connectivity index is 2.20. The molecule has 4 aromatic carbocycles. The van der Waals surface area contributed by atoms with Gasteiger partial charge in [0.2, 0.25) is 0 Å². The summed E-state index contributed by atoms with van der Waals surface area (Å²) in [5.74, 6) is -0.598. The summed E-state index contributed by atoms with van der Waals surface area (Å²) in [5.41, 5.74) is 0. The fraction of sp³-hybridized carbons (Fsp3) is 0.547. The standard InChI is InChI=1S/C53H77F6NO2P2Si2/c1-9-15-35-65(36-16-10-2,37-17-11-3)46-29-25-27-44(41-46)63(50-33-23-21-31-48(50)61-52(54,55)56)60(43(7)8)64(51-34-24-22-32-49(51)62-53(57,58)59)45-28-26-30-47(42-45)66(38-18-12-4,39-19-13-5)40-20-14-6/h21-34,41-43H,9-20,35-40H2,1-8H3. The topological polar surface area (TPSA) is 21.7 Å². The largest absolute Gasteiger partial charge is 0.573 e. The molecule has 0 fully saturated rings. The van der Waals surface area contributed by atoms with Crippen molar-refractivity contribution in [2.24, 2.45) is 0 Å². The number of benzene rings is 4. The molecule has 0 amide bonds. The van der Waals surface area contributed by atoms with E-state index in [2.05, 4.69) is 82.4 Å². The molecule has 13 heteroatoms. The monoisotopic (exact) mass is 991 g/mol. The van der Waals surface area contributed by atoms with E-state index in [4.69, 9.17) is 9.47 Å². The van der Waals surface area contributed by atoms with Gasteiger partial charge in [0, 0.05) is 32.8 Å². The summed E-state index contributed by atoms with van der Waals surface area (Å²) in [4.78, 5) is 0. The van der Waals surface area contributed by atoms with Crippen molar-refractivity contribution in [2.75, 3.05) is 0 Å². The molecule has 4 aromatic rings. The summed E-state index contributed by atoms with van der Waals surface area (Å²) in [6, 6.07) is 36.6. The molecule has 0 N–H and O–H groups in total. The molecule has 0 aliphatic heterocycles. The first-order valence-corrected chi connectivity index (χ1v) is 32.7. The maximum absolute atomic E-state index is 14.5. The number of unbranched alkanes of at least 4 members (excludes halogenated alkanes) is 6. The first-order chi connectivity index (χ1) is 31.5. The molecule has 366 valence electrons. The molecular weight excluding hydrogens is 915 g/mol. The van der Waals surface area contributed by atoms with E-state index >= 15 is 0 Å². The van der Waals surface area contributed by atoms with Gasteiger partial charge in [-0.3, -0.25) is 0 Å². The Labute approximate surface area is 398 Å². The van der Waals surface area contributed by atoms with Crippen LogP contribution in [0.4, 0.5) is 26.3 Å². The number of hydrogen-bond donors (Lipinski definition) is 0. The number of ether oxygens (including phenoxy) is 2. The van der Waals surface area contributed by atoms with Crippen LogP contribution < -0.4 is 41.1 Å². The third kappa shape index (κ3) is 15.7. The van der Waals surface area contributed by atoms with Crippen LogP contribution in [0, 0.1) is 0 Å². The van der Waals surface area contributed by atoms with Gasteiger partial charge in [-0.1, -0.05) is 238 Å². The molecule has 0 aromatic heterocycles. The number of hydrogen-bond acceptors (Lipinski definition) is 3. The summed E-state index contributed by atoms with van der Waals surface area (Å²) in [6.07, 6.45) is 3.15. The molecule has 4 rings (SSSR count). The van der Waals surface area contributed by atoms with Crippen molar-refractivity contribution in [3.63, 3.8) is 0 Å². The summed E-state index contributed by atoms with van der Waals surface area (Å²) in [6.45, 7) is 17.4. The molecule has 0 saturated heterocycles. The predicted octanol–water partition coefficient (Wildman–Crippen LogP) is 15.7. The van der Waals surface area contributed by atoms with Crippen LogP contribution in [0.2, 0.25) is 36.3 Å². The van der Waals surface area contributed by atoms with Crippen molar-refractivity contribution < 1.29 is 35.8 Å². The SMILES string of the molecule is CCCC[Si](CCCC)(CCCC)c1cccc(P(c2ccccc2OC(F)(F)F)N(C(C)C)P(c2cccc([Si](CCCC)(CCCC)CCCC)c2)c2ccccc2OC(F)(F)F)c1. The van der Waals surface area contributed by atoms with Crippen molar-refractivity contribution in [3.8, 4) is 11.5 Å². The molecule has 0 aliphatic carbocycles. The van der Waals surface area contributed by atoms with Gasteiger partial charge < -0.3 is 9.47 Å². The van der Waals surface area contributed by atoms with Crippen LogP contribution >= 0.6 is 16.1 Å². The Morgan fingerprint density at radius 3 is 1.03 bits per heavy atom. The van der Waals surface area contributed by atoms with Gasteiger partial charge in [-0.2, -0.15) is 0 Å². The van der Waals surface area contributed by atoms with Crippen LogP contribution in [0.1, 0.15) is 132 Å². The molecule has 0 heterocycles. The second-order valence-electron chi connectivity index (χ2n) is 18.4. The number of rotatable bonds is 29. The maximum atomic E-state index is 14.5. The Morgan fingerprint density at radius 1 is 0.455 bits per heavy atom. The van der Waals surface area contributed by atoms with Crippen LogP contribution in [0.5, 0.6) is 11.5 Å². The lowest BCUT2D eigenvalue weighted by atomic mass is 10.3. The number of nitrogens with zero attached hydrogens (tertiary/aromatic N) is 1. The number of para-hydroxylation sites is 2. The zero-order chi connectivity index (χ0) is 48.4. The second-order valence-corrected chi connectivity index (χ2v) is 32.0. The summed E-state index contributed by atoms with van der Waals surface area (Å²) in [7, 11) is -8.05. The Bertz CT molecular complexity index is 1850. The molecule has 2 atom stereocenters. The van der Waals surface area contributed by atoms with Crippen LogP contribution in [0.3, 0.4) is 0 Å². The highest BCUT2D eigenvalue weighted by Crippen LogP contribution is 2.58. The first-order valence-electron chi connectivity index (χ1n) is 24.8. The van der Waals surface area contributed by atoms with E-state index in [9.17, 15) is 26.3 Å². The van der Waals surface area contributed by atoms with Crippen LogP contribution in [-0.2, 0) is 0 Å². The highest BCUT2D eigenvalue weighted by atomic mass is 31.2. The third-order valence-electron chi connectivity index (χ3n) is 13.0. The summed E-state index contributed by atoms with van der Waals surface area (Å²) in [5, 5.41) is 5.10. The Hall–Kier alpha value is -2.69.